The van der Waals surface area contributed by atoms with Gasteiger partial charge in [0.25, 0.3) is 0 Å². The van der Waals surface area contributed by atoms with Gasteiger partial charge in [0.1, 0.15) is 18.3 Å². The van der Waals surface area contributed by atoms with E-state index < -0.39 is 83.3 Å². The summed E-state index contributed by atoms with van der Waals surface area (Å²) in [6, 6.07) is 0. The number of esters is 3. The number of aliphatic hydroxyl groups is 2. The van der Waals surface area contributed by atoms with Crippen LogP contribution in [-0.4, -0.2) is 76.2 Å². The molecule has 0 aromatic heterocycles. The van der Waals surface area contributed by atoms with E-state index >= 15 is 0 Å². The van der Waals surface area contributed by atoms with Gasteiger partial charge < -0.3 is 29.2 Å². The van der Waals surface area contributed by atoms with Gasteiger partial charge in [0, 0.05) is 37.0 Å². The number of allylic oxidation sites excluding steroid dienone is 2. The second kappa shape index (κ2) is 8.62. The summed E-state index contributed by atoms with van der Waals surface area (Å²) in [5, 5.41) is 23.6. The van der Waals surface area contributed by atoms with Crippen molar-refractivity contribution in [1.82, 2.24) is 0 Å². The zero-order valence-electron chi connectivity index (χ0n) is 19.8. The van der Waals surface area contributed by atoms with Crippen molar-refractivity contribution < 1.29 is 43.5 Å². The molecule has 9 nitrogen and oxygen atoms in total. The molecular formula is C24H31ClO9. The molecule has 2 aliphatic heterocycles. The molecule has 1 saturated carbocycles. The van der Waals surface area contributed by atoms with Gasteiger partial charge in [-0.15, -0.1) is 11.6 Å². The van der Waals surface area contributed by atoms with E-state index in [2.05, 4.69) is 0 Å². The van der Waals surface area contributed by atoms with Crippen LogP contribution in [0.3, 0.4) is 0 Å². The van der Waals surface area contributed by atoms with E-state index in [0.29, 0.717) is 5.57 Å². The molecule has 0 radical (unpaired) electrons. The highest BCUT2D eigenvalue weighted by molar-refractivity contribution is 6.19. The van der Waals surface area contributed by atoms with E-state index in [0.717, 1.165) is 0 Å². The fraction of sp³-hybridized carbons (Fsp3) is 0.708. The van der Waals surface area contributed by atoms with Crippen molar-refractivity contribution in [1.29, 1.82) is 0 Å². The maximum Gasteiger partial charge on any atom is 0.312 e. The average molecular weight is 499 g/mol. The first-order valence-corrected chi connectivity index (χ1v) is 12.0. The molecule has 0 aromatic carbocycles. The van der Waals surface area contributed by atoms with Crippen molar-refractivity contribution in [3.8, 4) is 0 Å². The van der Waals surface area contributed by atoms with Crippen molar-refractivity contribution in [3.05, 3.63) is 23.8 Å². The summed E-state index contributed by atoms with van der Waals surface area (Å²) < 4.78 is 22.8. The van der Waals surface area contributed by atoms with Crippen LogP contribution in [0, 0.1) is 23.2 Å². The largest absolute Gasteiger partial charge is 0.459 e. The van der Waals surface area contributed by atoms with E-state index in [4.69, 9.17) is 30.5 Å². The Labute approximate surface area is 203 Å². The number of rotatable bonds is 3. The number of alkyl halides is 1. The Kier molecular flexibility index (Phi) is 6.38. The molecule has 2 heterocycles. The molecule has 0 bridgehead atoms. The van der Waals surface area contributed by atoms with Gasteiger partial charge in [0.15, 0.2) is 11.7 Å². The third-order valence-electron chi connectivity index (χ3n) is 8.04. The molecule has 2 aliphatic carbocycles. The predicted molar refractivity (Wildman–Crippen MR) is 118 cm³/mol. The molecule has 0 unspecified atom stereocenters. The number of ether oxygens (including phenoxy) is 4. The van der Waals surface area contributed by atoms with Crippen LogP contribution in [0.25, 0.3) is 0 Å². The van der Waals surface area contributed by atoms with Gasteiger partial charge in [-0.2, -0.15) is 0 Å². The van der Waals surface area contributed by atoms with E-state index in [1.165, 1.54) is 26.8 Å². The third-order valence-corrected chi connectivity index (χ3v) is 8.35. The zero-order chi connectivity index (χ0) is 25.2. The molecular weight excluding hydrogens is 468 g/mol. The van der Waals surface area contributed by atoms with Crippen LogP contribution in [-0.2, 0) is 33.3 Å². The number of fused-ring (bicyclic) bond motifs is 4. The lowest BCUT2D eigenvalue weighted by molar-refractivity contribution is -0.215. The molecule has 4 aliphatic rings. The fourth-order valence-corrected chi connectivity index (χ4v) is 6.37. The van der Waals surface area contributed by atoms with Gasteiger partial charge in [-0.3, -0.25) is 14.4 Å². The second-order valence-corrected chi connectivity index (χ2v) is 10.3. The van der Waals surface area contributed by atoms with E-state index in [1.807, 2.05) is 0 Å². The molecule has 0 spiro atoms. The van der Waals surface area contributed by atoms with Crippen molar-refractivity contribution >= 4 is 29.5 Å². The maximum atomic E-state index is 12.7. The Morgan fingerprint density at radius 3 is 2.44 bits per heavy atom. The first-order valence-electron chi connectivity index (χ1n) is 11.4. The van der Waals surface area contributed by atoms with Crippen LogP contribution in [0.5, 0.6) is 0 Å². The second-order valence-electron chi connectivity index (χ2n) is 10.0. The Morgan fingerprint density at radius 1 is 1.21 bits per heavy atom. The van der Waals surface area contributed by atoms with Gasteiger partial charge in [0.05, 0.1) is 18.1 Å². The van der Waals surface area contributed by atoms with Crippen molar-refractivity contribution in [3.63, 3.8) is 0 Å². The number of hydrogen-bond donors (Lipinski definition) is 2. The highest BCUT2D eigenvalue weighted by Gasteiger charge is 2.74. The highest BCUT2D eigenvalue weighted by atomic mass is 35.5. The van der Waals surface area contributed by atoms with Crippen LogP contribution in [0.4, 0.5) is 0 Å². The summed E-state index contributed by atoms with van der Waals surface area (Å²) in [6.45, 7) is 7.60. The first-order chi connectivity index (χ1) is 15.9. The number of epoxide rings is 1. The number of halogens is 1. The number of aliphatic hydroxyl groups excluding tert-OH is 1. The summed E-state index contributed by atoms with van der Waals surface area (Å²) in [7, 11) is 0. The van der Waals surface area contributed by atoms with E-state index in [9.17, 15) is 24.6 Å². The molecule has 2 saturated heterocycles. The molecule has 4 rings (SSSR count). The number of hydrogen-bond acceptors (Lipinski definition) is 9. The zero-order valence-corrected chi connectivity index (χ0v) is 20.5. The van der Waals surface area contributed by atoms with E-state index in [-0.39, 0.29) is 5.88 Å². The Balaban J connectivity index is 1.95. The molecule has 0 amide bonds. The smallest absolute Gasteiger partial charge is 0.312 e. The minimum Gasteiger partial charge on any atom is -0.459 e. The highest BCUT2D eigenvalue weighted by Crippen LogP contribution is 2.61. The van der Waals surface area contributed by atoms with Gasteiger partial charge in [-0.25, -0.2) is 0 Å². The minimum atomic E-state index is -1.98. The van der Waals surface area contributed by atoms with Crippen molar-refractivity contribution in [2.24, 2.45) is 23.2 Å². The summed E-state index contributed by atoms with van der Waals surface area (Å²) in [5.74, 6) is -4.15. The quantitative estimate of drug-likeness (QED) is 0.255. The minimum absolute atomic E-state index is 0.0353. The molecule has 11 atom stereocenters. The first kappa shape index (κ1) is 25.2. The van der Waals surface area contributed by atoms with Gasteiger partial charge in [-0.1, -0.05) is 26.0 Å². The van der Waals surface area contributed by atoms with Crippen LogP contribution in [0.1, 0.15) is 34.6 Å². The molecule has 0 aromatic rings. The molecule has 2 N–H and O–H groups in total. The molecule has 10 heteroatoms. The lowest BCUT2D eigenvalue weighted by Gasteiger charge is -2.53. The average Bonchev–Trinajstić information content (AvgIpc) is 3.53. The predicted octanol–water partition coefficient (Wildman–Crippen LogP) is 1.28. The maximum absolute atomic E-state index is 12.7. The number of carbonyl (C=O) groups is 3. The van der Waals surface area contributed by atoms with Gasteiger partial charge >= 0.3 is 17.9 Å². The van der Waals surface area contributed by atoms with Gasteiger partial charge in [-0.05, 0) is 18.6 Å². The summed E-state index contributed by atoms with van der Waals surface area (Å²) >= 11 is 6.10. The molecule has 3 fully saturated rings. The summed E-state index contributed by atoms with van der Waals surface area (Å²) in [4.78, 5) is 36.9. The monoisotopic (exact) mass is 498 g/mol. The third kappa shape index (κ3) is 3.68. The molecule has 34 heavy (non-hydrogen) atoms. The van der Waals surface area contributed by atoms with Crippen molar-refractivity contribution in [2.75, 3.05) is 5.88 Å². The Bertz CT molecular complexity index is 947. The topological polar surface area (TPSA) is 132 Å². The fourth-order valence-electron chi connectivity index (χ4n) is 6.20. The van der Waals surface area contributed by atoms with Crippen LogP contribution in [0.15, 0.2) is 23.8 Å². The lowest BCUT2D eigenvalue weighted by atomic mass is 9.54. The van der Waals surface area contributed by atoms with Crippen LogP contribution < -0.4 is 0 Å². The molecule has 188 valence electrons. The standard InChI is InChI=1S/C24H31ClO9/c1-10-17-20(32-13(4)27)24(30)11(2)22(29)33-16(24)8-14(9-25)6-7-15(28)23(17,5)21-19(34-21)18(10)31-12(3)26/h6-8,10-11,15-21,28,30H,9H2,1-5H3/b7-6-,14-8+/t10-,11+,15-,16+,17-,18-,19+,20-,21+,23-,24+/m1/s1. The Morgan fingerprint density at radius 2 is 1.85 bits per heavy atom. The summed E-state index contributed by atoms with van der Waals surface area (Å²) in [6.07, 6.45) is -0.524. The normalized spacial score (nSPS) is 49.8. The SMILES string of the molecule is CC(=O)O[C@@H]1[C@H](C)[C@@H]2[C@@H](OC(C)=O)[C@@]3(O)[C@H](/C=C(CCl)\C=C/[C@@H](O)[C@@]2(C)[C@H]2O[C@@H]12)OC(=O)[C@@H]3C. The number of carbonyl (C=O) groups excluding carboxylic acids is 3. The van der Waals surface area contributed by atoms with Crippen LogP contribution in [0.2, 0.25) is 0 Å². The summed E-state index contributed by atoms with van der Waals surface area (Å²) in [5.41, 5.74) is -2.53. The van der Waals surface area contributed by atoms with E-state index in [1.54, 1.807) is 26.0 Å². The van der Waals surface area contributed by atoms with Crippen LogP contribution >= 0.6 is 11.6 Å². The lowest BCUT2D eigenvalue weighted by Crippen LogP contribution is -2.66. The Hall–Kier alpha value is -1.94. The van der Waals surface area contributed by atoms with Crippen molar-refractivity contribution in [2.45, 2.75) is 76.8 Å². The van der Waals surface area contributed by atoms with Gasteiger partial charge in [0.2, 0.25) is 0 Å².